The van der Waals surface area contributed by atoms with E-state index in [0.717, 1.165) is 0 Å². The molecule has 0 aromatic heterocycles. The number of azide groups is 1. The van der Waals surface area contributed by atoms with E-state index in [9.17, 15) is 4.79 Å². The lowest BCUT2D eigenvalue weighted by molar-refractivity contribution is -0.136. The van der Waals surface area contributed by atoms with Crippen LogP contribution in [0.15, 0.2) is 34.4 Å². The number of ether oxygens (including phenoxy) is 1. The number of hydrogen-bond donors (Lipinski definition) is 0. The first kappa shape index (κ1) is 13.3. The van der Waals surface area contributed by atoms with Gasteiger partial charge in [0.05, 0.1) is 12.2 Å². The molecular formula is C11H10BrN3O2. The largest absolute Gasteiger partial charge is 0.462 e. The van der Waals surface area contributed by atoms with Gasteiger partial charge in [-0.1, -0.05) is 39.8 Å². The highest BCUT2D eigenvalue weighted by molar-refractivity contribution is 9.10. The molecule has 0 aliphatic carbocycles. The molecule has 0 radical (unpaired) electrons. The average molecular weight is 296 g/mol. The number of benzene rings is 1. The standard InChI is InChI=1S/C11H10BrN3O2/c1-3-17-11(16)7(2)10-8(12)5-4-6-9(10)14-15-13/h4-6H,2-3H2,1H3. The van der Waals surface area contributed by atoms with Crippen LogP contribution in [0.2, 0.25) is 0 Å². The van der Waals surface area contributed by atoms with Crippen LogP contribution in [0.5, 0.6) is 0 Å². The summed E-state index contributed by atoms with van der Waals surface area (Å²) in [4.78, 5) is 14.3. The van der Waals surface area contributed by atoms with Crippen molar-refractivity contribution < 1.29 is 9.53 Å². The van der Waals surface area contributed by atoms with Crippen molar-refractivity contribution in [2.45, 2.75) is 6.92 Å². The summed E-state index contributed by atoms with van der Waals surface area (Å²) in [5.41, 5.74) is 9.39. The van der Waals surface area contributed by atoms with Crippen LogP contribution in [0, 0.1) is 0 Å². The van der Waals surface area contributed by atoms with E-state index >= 15 is 0 Å². The van der Waals surface area contributed by atoms with E-state index in [2.05, 4.69) is 32.5 Å². The Kier molecular flexibility index (Phi) is 4.75. The van der Waals surface area contributed by atoms with E-state index in [1.807, 2.05) is 0 Å². The van der Waals surface area contributed by atoms with Crippen LogP contribution >= 0.6 is 15.9 Å². The van der Waals surface area contributed by atoms with E-state index in [4.69, 9.17) is 10.3 Å². The molecule has 0 saturated heterocycles. The second-order valence-corrected chi connectivity index (χ2v) is 3.88. The van der Waals surface area contributed by atoms with E-state index in [1.54, 1.807) is 25.1 Å². The normalized spacial score (nSPS) is 9.29. The summed E-state index contributed by atoms with van der Waals surface area (Å²) in [7, 11) is 0. The average Bonchev–Trinajstić information content (AvgIpc) is 2.29. The molecule has 17 heavy (non-hydrogen) atoms. The van der Waals surface area contributed by atoms with Crippen molar-refractivity contribution in [3.63, 3.8) is 0 Å². The van der Waals surface area contributed by atoms with Gasteiger partial charge in [0, 0.05) is 20.6 Å². The number of carbonyl (C=O) groups is 1. The molecule has 0 bridgehead atoms. The third-order valence-electron chi connectivity index (χ3n) is 1.97. The minimum absolute atomic E-state index is 0.154. The lowest BCUT2D eigenvalue weighted by atomic mass is 10.1. The molecule has 0 saturated carbocycles. The van der Waals surface area contributed by atoms with Gasteiger partial charge in [-0.25, -0.2) is 4.79 Å². The van der Waals surface area contributed by atoms with Gasteiger partial charge in [0.25, 0.3) is 0 Å². The maximum atomic E-state index is 11.6. The first-order valence-electron chi connectivity index (χ1n) is 4.81. The molecule has 0 fully saturated rings. The Balaban J connectivity index is 3.24. The molecule has 0 unspecified atom stereocenters. The van der Waals surface area contributed by atoms with Crippen LogP contribution in [0.1, 0.15) is 12.5 Å². The minimum atomic E-state index is -0.534. The summed E-state index contributed by atoms with van der Waals surface area (Å²) in [6.07, 6.45) is 0. The smallest absolute Gasteiger partial charge is 0.338 e. The summed E-state index contributed by atoms with van der Waals surface area (Å²) >= 11 is 3.29. The molecule has 0 aliphatic heterocycles. The Labute approximate surface area is 107 Å². The van der Waals surface area contributed by atoms with Gasteiger partial charge >= 0.3 is 5.97 Å². The van der Waals surface area contributed by atoms with Crippen LogP contribution in [0.25, 0.3) is 16.0 Å². The first-order valence-corrected chi connectivity index (χ1v) is 5.61. The van der Waals surface area contributed by atoms with Crippen LogP contribution < -0.4 is 0 Å². The number of hydrogen-bond acceptors (Lipinski definition) is 3. The zero-order chi connectivity index (χ0) is 12.8. The predicted octanol–water partition coefficient (Wildman–Crippen LogP) is 3.97. The van der Waals surface area contributed by atoms with Crippen LogP contribution in [0.4, 0.5) is 5.69 Å². The quantitative estimate of drug-likeness (QED) is 0.277. The van der Waals surface area contributed by atoms with Gasteiger partial charge in [-0.2, -0.15) is 0 Å². The molecule has 6 heteroatoms. The Morgan fingerprint density at radius 3 is 2.94 bits per heavy atom. The van der Waals surface area contributed by atoms with Crippen LogP contribution in [0.3, 0.4) is 0 Å². The number of esters is 1. The van der Waals surface area contributed by atoms with Crippen molar-refractivity contribution in [2.75, 3.05) is 6.61 Å². The lowest BCUT2D eigenvalue weighted by Crippen LogP contribution is -2.06. The van der Waals surface area contributed by atoms with E-state index < -0.39 is 5.97 Å². The maximum Gasteiger partial charge on any atom is 0.338 e. The summed E-state index contributed by atoms with van der Waals surface area (Å²) in [5, 5.41) is 3.51. The molecule has 0 spiro atoms. The molecule has 88 valence electrons. The van der Waals surface area contributed by atoms with Gasteiger partial charge < -0.3 is 4.74 Å². The second kappa shape index (κ2) is 6.08. The van der Waals surface area contributed by atoms with Gasteiger partial charge in [-0.15, -0.1) is 0 Å². The van der Waals surface area contributed by atoms with Gasteiger partial charge in [0.15, 0.2) is 0 Å². The topological polar surface area (TPSA) is 75.1 Å². The first-order chi connectivity index (χ1) is 8.11. The van der Waals surface area contributed by atoms with Gasteiger partial charge in [0.1, 0.15) is 0 Å². The summed E-state index contributed by atoms with van der Waals surface area (Å²) in [5.74, 6) is -0.534. The number of nitrogens with zero attached hydrogens (tertiary/aromatic N) is 3. The Morgan fingerprint density at radius 1 is 1.65 bits per heavy atom. The predicted molar refractivity (Wildman–Crippen MR) is 68.6 cm³/mol. The second-order valence-electron chi connectivity index (χ2n) is 3.02. The fraction of sp³-hybridized carbons (Fsp3) is 0.182. The zero-order valence-corrected chi connectivity index (χ0v) is 10.8. The van der Waals surface area contributed by atoms with Gasteiger partial charge in [-0.05, 0) is 18.5 Å². The number of halogens is 1. The summed E-state index contributed by atoms with van der Waals surface area (Å²) in [6, 6.07) is 5.04. The molecule has 1 aromatic rings. The Bertz CT molecular complexity index is 507. The highest BCUT2D eigenvalue weighted by Gasteiger charge is 2.16. The SMILES string of the molecule is C=C(C(=O)OCC)c1c(Br)cccc1N=[N+]=[N-]. The third kappa shape index (κ3) is 3.09. The highest BCUT2D eigenvalue weighted by atomic mass is 79.9. The van der Waals surface area contributed by atoms with Crippen molar-refractivity contribution in [1.82, 2.24) is 0 Å². The van der Waals surface area contributed by atoms with E-state index in [-0.39, 0.29) is 12.2 Å². The number of rotatable bonds is 4. The molecule has 1 rings (SSSR count). The zero-order valence-electron chi connectivity index (χ0n) is 9.18. The van der Waals surface area contributed by atoms with Crippen LogP contribution in [-0.2, 0) is 9.53 Å². The fourth-order valence-corrected chi connectivity index (χ4v) is 1.86. The van der Waals surface area contributed by atoms with Crippen molar-refractivity contribution in [3.05, 3.63) is 45.3 Å². The van der Waals surface area contributed by atoms with E-state index in [0.29, 0.717) is 15.7 Å². The maximum absolute atomic E-state index is 11.6. The van der Waals surface area contributed by atoms with E-state index in [1.165, 1.54) is 0 Å². The molecule has 0 atom stereocenters. The molecule has 0 heterocycles. The summed E-state index contributed by atoms with van der Waals surface area (Å²) in [6.45, 7) is 5.63. The van der Waals surface area contributed by atoms with Crippen LogP contribution in [-0.4, -0.2) is 12.6 Å². The Morgan fingerprint density at radius 2 is 2.35 bits per heavy atom. The molecular weight excluding hydrogens is 286 g/mol. The fourth-order valence-electron chi connectivity index (χ4n) is 1.26. The summed E-state index contributed by atoms with van der Waals surface area (Å²) < 4.78 is 5.48. The molecule has 0 amide bonds. The molecule has 0 aliphatic rings. The van der Waals surface area contributed by atoms with Gasteiger partial charge in [0.2, 0.25) is 0 Å². The Hall–Kier alpha value is -1.78. The van der Waals surface area contributed by atoms with Crippen molar-refractivity contribution in [1.29, 1.82) is 0 Å². The van der Waals surface area contributed by atoms with Crippen molar-refractivity contribution in [3.8, 4) is 0 Å². The molecule has 0 N–H and O–H groups in total. The highest BCUT2D eigenvalue weighted by Crippen LogP contribution is 2.33. The van der Waals surface area contributed by atoms with Crippen molar-refractivity contribution >= 4 is 33.2 Å². The third-order valence-corrected chi connectivity index (χ3v) is 2.63. The monoisotopic (exact) mass is 295 g/mol. The van der Waals surface area contributed by atoms with Crippen molar-refractivity contribution in [2.24, 2.45) is 5.11 Å². The number of carbonyl (C=O) groups excluding carboxylic acids is 1. The minimum Gasteiger partial charge on any atom is -0.462 e. The van der Waals surface area contributed by atoms with Gasteiger partial charge in [-0.3, -0.25) is 0 Å². The molecule has 5 nitrogen and oxygen atoms in total. The lowest BCUT2D eigenvalue weighted by Gasteiger charge is -2.10. The molecule has 1 aromatic carbocycles.